The first-order valence-corrected chi connectivity index (χ1v) is 11.9. The van der Waals surface area contributed by atoms with Gasteiger partial charge in [0.15, 0.2) is 5.40 Å². The van der Waals surface area contributed by atoms with E-state index >= 15 is 0 Å². The average Bonchev–Trinajstić information content (AvgIpc) is 2.54. The van der Waals surface area contributed by atoms with Gasteiger partial charge in [0.05, 0.1) is 13.2 Å². The molecule has 25 heavy (non-hydrogen) atoms. The molecule has 1 aromatic carbocycles. The third kappa shape index (κ3) is 5.24. The van der Waals surface area contributed by atoms with E-state index in [9.17, 15) is 18.9 Å². The van der Waals surface area contributed by atoms with Gasteiger partial charge in [0.1, 0.15) is 0 Å². The molecular formula is C16H27NO6P2. The molecule has 0 aliphatic heterocycles. The second kappa shape index (κ2) is 8.92. The smallest absolute Gasteiger partial charge is 0.324 e. The van der Waals surface area contributed by atoms with Crippen molar-refractivity contribution in [3.63, 3.8) is 0 Å². The van der Waals surface area contributed by atoms with Crippen LogP contribution >= 0.6 is 15.2 Å². The van der Waals surface area contributed by atoms with E-state index in [1.807, 2.05) is 18.2 Å². The van der Waals surface area contributed by atoms with Gasteiger partial charge in [0.2, 0.25) is 0 Å². The van der Waals surface area contributed by atoms with Crippen molar-refractivity contribution in [3.05, 3.63) is 35.4 Å². The molecule has 0 heterocycles. The Morgan fingerprint density at radius 1 is 1.20 bits per heavy atom. The van der Waals surface area contributed by atoms with Gasteiger partial charge in [0, 0.05) is 12.6 Å². The van der Waals surface area contributed by atoms with E-state index in [2.05, 4.69) is 11.4 Å². The lowest BCUT2D eigenvalue weighted by molar-refractivity contribution is 0.213. The lowest BCUT2D eigenvalue weighted by Crippen LogP contribution is -2.33. The number of nitrogens with one attached hydrogen (secondary N) is 1. The number of fused-ring (bicyclic) bond motifs is 1. The Morgan fingerprint density at radius 2 is 1.84 bits per heavy atom. The highest BCUT2D eigenvalue weighted by Crippen LogP contribution is 2.65. The Labute approximate surface area is 148 Å². The molecule has 2 unspecified atom stereocenters. The molecule has 0 fully saturated rings. The number of hydrogen-bond donors (Lipinski definition) is 3. The lowest BCUT2D eigenvalue weighted by Gasteiger charge is -2.31. The topological polar surface area (TPSA) is 105 Å². The molecule has 0 spiro atoms. The zero-order valence-electron chi connectivity index (χ0n) is 14.6. The molecule has 9 heteroatoms. The fourth-order valence-corrected chi connectivity index (χ4v) is 6.88. The van der Waals surface area contributed by atoms with Crippen molar-refractivity contribution in [2.75, 3.05) is 19.8 Å². The Bertz CT molecular complexity index is 652. The maximum atomic E-state index is 12.9. The first-order chi connectivity index (χ1) is 11.8. The van der Waals surface area contributed by atoms with Crippen LogP contribution in [0.1, 0.15) is 43.9 Å². The molecule has 7 nitrogen and oxygen atoms in total. The highest BCUT2D eigenvalue weighted by Gasteiger charge is 2.47. The Balaban J connectivity index is 2.19. The second-order valence-corrected chi connectivity index (χ2v) is 10.4. The molecular weight excluding hydrogens is 364 g/mol. The number of rotatable bonds is 9. The zero-order valence-corrected chi connectivity index (χ0v) is 16.4. The molecule has 2 atom stereocenters. The summed E-state index contributed by atoms with van der Waals surface area (Å²) in [5, 5.41) is 1.66. The van der Waals surface area contributed by atoms with Gasteiger partial charge in [-0.25, -0.2) is 0 Å². The van der Waals surface area contributed by atoms with Crippen molar-refractivity contribution in [2.45, 2.75) is 44.6 Å². The minimum Gasteiger partial charge on any atom is -0.324 e. The van der Waals surface area contributed by atoms with E-state index in [0.717, 1.165) is 24.8 Å². The van der Waals surface area contributed by atoms with Crippen molar-refractivity contribution in [3.8, 4) is 0 Å². The van der Waals surface area contributed by atoms with Crippen molar-refractivity contribution >= 4 is 15.2 Å². The van der Waals surface area contributed by atoms with E-state index in [1.54, 1.807) is 13.8 Å². The van der Waals surface area contributed by atoms with Crippen molar-refractivity contribution < 1.29 is 28.0 Å². The van der Waals surface area contributed by atoms with Gasteiger partial charge in [-0.1, -0.05) is 24.3 Å². The normalized spacial score (nSPS) is 19.4. The van der Waals surface area contributed by atoms with Crippen LogP contribution in [0.3, 0.4) is 0 Å². The summed E-state index contributed by atoms with van der Waals surface area (Å²) in [7, 11) is -8.61. The van der Waals surface area contributed by atoms with Crippen LogP contribution in [0.25, 0.3) is 0 Å². The van der Waals surface area contributed by atoms with E-state index in [4.69, 9.17) is 9.05 Å². The van der Waals surface area contributed by atoms with Crippen LogP contribution in [0, 0.1) is 0 Å². The molecule has 0 saturated heterocycles. The predicted molar refractivity (Wildman–Crippen MR) is 96.8 cm³/mol. The fraction of sp³-hybridized carbons (Fsp3) is 0.625. The Morgan fingerprint density at radius 3 is 2.44 bits per heavy atom. The number of aryl methyl sites for hydroxylation is 1. The summed E-state index contributed by atoms with van der Waals surface area (Å²) in [6.07, 6.45) is 2.84. The van der Waals surface area contributed by atoms with Gasteiger partial charge in [0.25, 0.3) is 0 Å². The van der Waals surface area contributed by atoms with Crippen molar-refractivity contribution in [1.82, 2.24) is 5.32 Å². The van der Waals surface area contributed by atoms with Crippen molar-refractivity contribution in [1.29, 1.82) is 0 Å². The van der Waals surface area contributed by atoms with Gasteiger partial charge < -0.3 is 24.2 Å². The first-order valence-electron chi connectivity index (χ1n) is 8.57. The molecule has 1 aromatic rings. The molecule has 1 aliphatic rings. The molecule has 1 aliphatic carbocycles. The molecule has 0 radical (unpaired) electrons. The molecule has 2 rings (SSSR count). The van der Waals surface area contributed by atoms with Gasteiger partial charge in [-0.15, -0.1) is 0 Å². The maximum absolute atomic E-state index is 12.9. The van der Waals surface area contributed by atoms with Gasteiger partial charge in [-0.3, -0.25) is 9.13 Å². The molecule has 0 aromatic heterocycles. The summed E-state index contributed by atoms with van der Waals surface area (Å²) in [6.45, 7) is 3.21. The third-order valence-corrected chi connectivity index (χ3v) is 9.15. The molecule has 142 valence electrons. The van der Waals surface area contributed by atoms with Gasteiger partial charge in [-0.05, 0) is 44.2 Å². The van der Waals surface area contributed by atoms with Crippen LogP contribution < -0.4 is 5.32 Å². The minimum atomic E-state index is -4.68. The summed E-state index contributed by atoms with van der Waals surface area (Å²) >= 11 is 0. The molecule has 0 amide bonds. The predicted octanol–water partition coefficient (Wildman–Crippen LogP) is 3.42. The van der Waals surface area contributed by atoms with Crippen LogP contribution in [0.15, 0.2) is 24.3 Å². The summed E-state index contributed by atoms with van der Waals surface area (Å²) in [5.41, 5.74) is 2.36. The monoisotopic (exact) mass is 391 g/mol. The summed E-state index contributed by atoms with van der Waals surface area (Å²) in [4.78, 5) is 19.5. The van der Waals surface area contributed by atoms with Crippen LogP contribution in [0.5, 0.6) is 0 Å². The Kier molecular flexibility index (Phi) is 7.41. The standard InChI is InChI=1S/C16H27NO6P2/c1-3-22-25(21,23-4-2)16(24(18,19)20)12-17-15-11-7-9-13-8-5-6-10-14(13)15/h5-6,8,10,15-17H,3-4,7,9,11-12H2,1-2H3,(H2,18,19,20). The van der Waals surface area contributed by atoms with Crippen molar-refractivity contribution in [2.24, 2.45) is 0 Å². The average molecular weight is 391 g/mol. The number of hydrogen-bond acceptors (Lipinski definition) is 5. The molecule has 0 bridgehead atoms. The fourth-order valence-electron chi connectivity index (χ4n) is 3.20. The van der Waals surface area contributed by atoms with Crippen LogP contribution in [-0.2, 0) is 24.6 Å². The van der Waals surface area contributed by atoms with Crippen LogP contribution in [0.2, 0.25) is 0 Å². The van der Waals surface area contributed by atoms with E-state index < -0.39 is 20.6 Å². The van der Waals surface area contributed by atoms with Crippen LogP contribution in [-0.4, -0.2) is 34.9 Å². The van der Waals surface area contributed by atoms with Crippen LogP contribution in [0.4, 0.5) is 0 Å². The highest BCUT2D eigenvalue weighted by atomic mass is 31.2. The molecule has 0 saturated carbocycles. The lowest BCUT2D eigenvalue weighted by atomic mass is 9.88. The second-order valence-electron chi connectivity index (χ2n) is 6.00. The summed E-state index contributed by atoms with van der Waals surface area (Å²) < 4.78 is 35.2. The zero-order chi connectivity index (χ0) is 18.5. The summed E-state index contributed by atoms with van der Waals surface area (Å²) in [6, 6.07) is 7.98. The largest absolute Gasteiger partial charge is 0.347 e. The first kappa shape index (κ1) is 20.8. The van der Waals surface area contributed by atoms with E-state index in [0.29, 0.717) is 0 Å². The summed E-state index contributed by atoms with van der Waals surface area (Å²) in [5.74, 6) is 0. The van der Waals surface area contributed by atoms with E-state index in [1.165, 1.54) is 5.56 Å². The molecule has 3 N–H and O–H groups in total. The Hall–Kier alpha value is -0.520. The number of benzene rings is 1. The van der Waals surface area contributed by atoms with E-state index in [-0.39, 0.29) is 25.8 Å². The highest BCUT2D eigenvalue weighted by molar-refractivity contribution is 7.71. The van der Waals surface area contributed by atoms with Gasteiger partial charge >= 0.3 is 15.2 Å². The maximum Gasteiger partial charge on any atom is 0.347 e. The third-order valence-electron chi connectivity index (χ3n) is 4.29. The van der Waals surface area contributed by atoms with Gasteiger partial charge in [-0.2, -0.15) is 0 Å². The SMILES string of the molecule is CCOP(=O)(OCC)C(CNC1CCCc2ccccc21)P(=O)(O)O. The quantitative estimate of drug-likeness (QED) is 0.554. The minimum absolute atomic E-state index is 0.0318.